The molecule has 0 heterocycles. The van der Waals surface area contributed by atoms with Gasteiger partial charge >= 0.3 is 0 Å². The lowest BCUT2D eigenvalue weighted by Gasteiger charge is -2.33. The summed E-state index contributed by atoms with van der Waals surface area (Å²) in [6, 6.07) is 1.43. The van der Waals surface area contributed by atoms with Gasteiger partial charge in [0.1, 0.15) is 0 Å². The van der Waals surface area contributed by atoms with Crippen LogP contribution in [0.3, 0.4) is 0 Å². The Hall–Kier alpha value is 0.270. The Morgan fingerprint density at radius 1 is 1.31 bits per heavy atom. The molecule has 1 fully saturated rings. The predicted octanol–water partition coefficient (Wildman–Crippen LogP) is 2.59. The van der Waals surface area contributed by atoms with E-state index in [4.69, 9.17) is 0 Å². The zero-order chi connectivity index (χ0) is 12.0. The molecule has 1 N–H and O–H groups in total. The van der Waals surface area contributed by atoms with Crippen LogP contribution in [0.5, 0.6) is 0 Å². The van der Waals surface area contributed by atoms with Crippen molar-refractivity contribution in [3.8, 4) is 0 Å². The third-order valence-corrected chi connectivity index (χ3v) is 4.99. The molecule has 0 saturated heterocycles. The molecule has 3 atom stereocenters. The van der Waals surface area contributed by atoms with Gasteiger partial charge in [0.05, 0.1) is 0 Å². The minimum absolute atomic E-state index is 0.685. The first-order chi connectivity index (χ1) is 7.69. The fourth-order valence-corrected chi connectivity index (χ4v) is 3.56. The van der Waals surface area contributed by atoms with Crippen molar-refractivity contribution in [2.75, 3.05) is 26.9 Å². The molecule has 0 spiro atoms. The van der Waals surface area contributed by atoms with Crippen LogP contribution in [-0.4, -0.2) is 49.1 Å². The summed E-state index contributed by atoms with van der Waals surface area (Å²) >= 11 is 2.05. The summed E-state index contributed by atoms with van der Waals surface area (Å²) in [4.78, 5) is 2.34. The van der Waals surface area contributed by atoms with Gasteiger partial charge in [0.15, 0.2) is 0 Å². The average molecular weight is 244 g/mol. The van der Waals surface area contributed by atoms with Crippen LogP contribution < -0.4 is 5.32 Å². The molecule has 16 heavy (non-hydrogen) atoms. The molecule has 3 unspecified atom stereocenters. The van der Waals surface area contributed by atoms with Crippen molar-refractivity contribution in [3.63, 3.8) is 0 Å². The smallest absolute Gasteiger partial charge is 0.0212 e. The van der Waals surface area contributed by atoms with Crippen molar-refractivity contribution >= 4 is 11.8 Å². The van der Waals surface area contributed by atoms with Gasteiger partial charge in [-0.1, -0.05) is 19.8 Å². The zero-order valence-corrected chi connectivity index (χ0v) is 12.1. The summed E-state index contributed by atoms with van der Waals surface area (Å²) in [6.07, 6.45) is 9.10. The van der Waals surface area contributed by atoms with Crippen molar-refractivity contribution < 1.29 is 0 Å². The van der Waals surface area contributed by atoms with Gasteiger partial charge in [-0.3, -0.25) is 0 Å². The molecular weight excluding hydrogens is 216 g/mol. The Labute approximate surface area is 106 Å². The van der Waals surface area contributed by atoms with Crippen molar-refractivity contribution in [2.45, 2.75) is 56.4 Å². The number of nitrogens with one attached hydrogen (secondary N) is 1. The summed E-state index contributed by atoms with van der Waals surface area (Å²) in [7, 11) is 4.37. The number of rotatable bonds is 6. The number of thioether (sulfide) groups is 1. The second kappa shape index (κ2) is 7.57. The molecule has 1 aliphatic rings. The number of nitrogens with zero attached hydrogens (tertiary/aromatic N) is 1. The Kier molecular flexibility index (Phi) is 6.78. The molecule has 0 aliphatic heterocycles. The Bertz CT molecular complexity index is 185. The third-order valence-electron chi connectivity index (χ3n) is 3.82. The zero-order valence-electron chi connectivity index (χ0n) is 11.3. The van der Waals surface area contributed by atoms with E-state index >= 15 is 0 Å². The molecule has 1 aliphatic carbocycles. The lowest BCUT2D eigenvalue weighted by Crippen LogP contribution is -2.46. The molecule has 0 radical (unpaired) electrons. The molecule has 1 rings (SSSR count). The van der Waals surface area contributed by atoms with E-state index in [2.05, 4.69) is 37.5 Å². The molecule has 0 aromatic rings. The normalized spacial score (nSPS) is 28.3. The minimum Gasteiger partial charge on any atom is -0.311 e. The molecule has 0 aromatic carbocycles. The highest BCUT2D eigenvalue weighted by atomic mass is 32.2. The molecule has 0 amide bonds. The van der Waals surface area contributed by atoms with Gasteiger partial charge < -0.3 is 10.2 Å². The summed E-state index contributed by atoms with van der Waals surface area (Å²) in [5.41, 5.74) is 0. The van der Waals surface area contributed by atoms with Crippen LogP contribution in [0.1, 0.15) is 39.0 Å². The predicted molar refractivity (Wildman–Crippen MR) is 75.3 cm³/mol. The largest absolute Gasteiger partial charge is 0.311 e. The summed E-state index contributed by atoms with van der Waals surface area (Å²) in [6.45, 7) is 3.42. The van der Waals surface area contributed by atoms with Gasteiger partial charge in [-0.25, -0.2) is 0 Å². The Morgan fingerprint density at radius 3 is 2.56 bits per heavy atom. The molecule has 2 nitrogen and oxygen atoms in total. The van der Waals surface area contributed by atoms with Gasteiger partial charge in [-0.05, 0) is 39.6 Å². The quantitative estimate of drug-likeness (QED) is 0.773. The fourth-order valence-electron chi connectivity index (χ4n) is 2.59. The number of likely N-dealkylation sites (N-methyl/N-ethyl adjacent to an activating group) is 1. The second-order valence-electron chi connectivity index (χ2n) is 5.10. The Morgan fingerprint density at radius 2 is 2.00 bits per heavy atom. The minimum atomic E-state index is 0.685. The highest BCUT2D eigenvalue weighted by Gasteiger charge is 2.24. The van der Waals surface area contributed by atoms with Crippen LogP contribution in [0, 0.1) is 0 Å². The van der Waals surface area contributed by atoms with Crippen LogP contribution in [0.25, 0.3) is 0 Å². The van der Waals surface area contributed by atoms with E-state index < -0.39 is 0 Å². The van der Waals surface area contributed by atoms with Gasteiger partial charge in [0.25, 0.3) is 0 Å². The molecule has 0 bridgehead atoms. The SMILES string of the molecule is CCC(CNC1CCCCC1SC)N(C)C. The van der Waals surface area contributed by atoms with E-state index in [0.717, 1.165) is 17.8 Å². The Balaban J connectivity index is 2.34. The molecule has 1 saturated carbocycles. The maximum atomic E-state index is 3.79. The maximum Gasteiger partial charge on any atom is 0.0212 e. The van der Waals surface area contributed by atoms with Crippen LogP contribution in [0.2, 0.25) is 0 Å². The molecule has 0 aromatic heterocycles. The topological polar surface area (TPSA) is 15.3 Å². The summed E-state index contributed by atoms with van der Waals surface area (Å²) in [5.74, 6) is 0. The maximum absolute atomic E-state index is 3.79. The van der Waals surface area contributed by atoms with Crippen LogP contribution >= 0.6 is 11.8 Å². The lowest BCUT2D eigenvalue weighted by molar-refractivity contribution is 0.258. The van der Waals surface area contributed by atoms with E-state index in [1.54, 1.807) is 0 Å². The molecule has 96 valence electrons. The first-order valence-corrected chi connectivity index (χ1v) is 7.90. The van der Waals surface area contributed by atoms with Gasteiger partial charge in [0.2, 0.25) is 0 Å². The number of hydrogen-bond donors (Lipinski definition) is 1. The fraction of sp³-hybridized carbons (Fsp3) is 1.00. The summed E-state index contributed by atoms with van der Waals surface area (Å²) in [5, 5.41) is 4.63. The number of hydrogen-bond acceptors (Lipinski definition) is 3. The second-order valence-corrected chi connectivity index (χ2v) is 6.18. The summed E-state index contributed by atoms with van der Waals surface area (Å²) < 4.78 is 0. The van der Waals surface area contributed by atoms with E-state index in [-0.39, 0.29) is 0 Å². The average Bonchev–Trinajstić information content (AvgIpc) is 2.30. The van der Waals surface area contributed by atoms with E-state index in [9.17, 15) is 0 Å². The third kappa shape index (κ3) is 4.27. The van der Waals surface area contributed by atoms with Gasteiger partial charge in [-0.2, -0.15) is 11.8 Å². The van der Waals surface area contributed by atoms with Crippen molar-refractivity contribution in [1.29, 1.82) is 0 Å². The first-order valence-electron chi connectivity index (χ1n) is 6.61. The van der Waals surface area contributed by atoms with Crippen LogP contribution in [-0.2, 0) is 0 Å². The van der Waals surface area contributed by atoms with Crippen LogP contribution in [0.15, 0.2) is 0 Å². The lowest BCUT2D eigenvalue weighted by atomic mass is 9.94. The van der Waals surface area contributed by atoms with Crippen molar-refractivity contribution in [1.82, 2.24) is 10.2 Å². The van der Waals surface area contributed by atoms with Gasteiger partial charge in [0, 0.05) is 23.9 Å². The van der Waals surface area contributed by atoms with E-state index in [1.165, 1.54) is 32.1 Å². The van der Waals surface area contributed by atoms with Crippen molar-refractivity contribution in [3.05, 3.63) is 0 Å². The highest BCUT2D eigenvalue weighted by molar-refractivity contribution is 7.99. The van der Waals surface area contributed by atoms with Crippen LogP contribution in [0.4, 0.5) is 0 Å². The molecular formula is C13H28N2S. The van der Waals surface area contributed by atoms with E-state index in [1.807, 2.05) is 11.8 Å². The van der Waals surface area contributed by atoms with Gasteiger partial charge in [-0.15, -0.1) is 0 Å². The monoisotopic (exact) mass is 244 g/mol. The van der Waals surface area contributed by atoms with Crippen molar-refractivity contribution in [2.24, 2.45) is 0 Å². The highest BCUT2D eigenvalue weighted by Crippen LogP contribution is 2.27. The van der Waals surface area contributed by atoms with E-state index in [0.29, 0.717) is 6.04 Å². The molecule has 3 heteroatoms. The standard InChI is InChI=1S/C13H28N2S/c1-5-11(15(2)3)10-14-12-8-6-7-9-13(12)16-4/h11-14H,5-10H2,1-4H3. The first kappa shape index (κ1) is 14.3.